The molecule has 22 heavy (non-hydrogen) atoms. The van der Waals surface area contributed by atoms with E-state index in [4.69, 9.17) is 0 Å². The minimum absolute atomic E-state index is 0.562. The van der Waals surface area contributed by atoms with Crippen LogP contribution in [0.2, 0.25) is 0 Å². The third-order valence-corrected chi connectivity index (χ3v) is 6.17. The Bertz CT molecular complexity index is 679. The smallest absolute Gasteiger partial charge is 0.139 e. The molecule has 0 N–H and O–H groups in total. The topological polar surface area (TPSA) is 29.0 Å². The van der Waals surface area contributed by atoms with Crippen molar-refractivity contribution in [2.45, 2.75) is 43.4 Å². The molecule has 1 spiro atoms. The molecule has 1 saturated heterocycles. The van der Waals surface area contributed by atoms with Crippen LogP contribution in [-0.2, 0) is 0 Å². The maximum atomic E-state index is 4.67. The van der Waals surface area contributed by atoms with Gasteiger partial charge in [-0.1, -0.05) is 12.8 Å². The van der Waals surface area contributed by atoms with Crippen LogP contribution in [0.1, 0.15) is 38.5 Å². The van der Waals surface area contributed by atoms with Crippen LogP contribution in [0.15, 0.2) is 29.4 Å². The van der Waals surface area contributed by atoms with E-state index in [1.807, 2.05) is 0 Å². The molecule has 0 amide bonds. The molecule has 1 aromatic carbocycles. The summed E-state index contributed by atoms with van der Waals surface area (Å²) in [5.74, 6) is 1.15. The summed E-state index contributed by atoms with van der Waals surface area (Å²) in [7, 11) is 0. The number of hydrogen-bond donors (Lipinski definition) is 0. The number of piperidine rings is 1. The fourth-order valence-electron chi connectivity index (χ4n) is 4.32. The standard InChI is InChI=1S/C18H23N3S/c1-22-14-5-6-16-15(11-14)17(20-13-19-16)21-10-4-9-18(12-21)7-2-3-8-18/h5-6,11,13H,2-4,7-10,12H2,1H3. The lowest BCUT2D eigenvalue weighted by Gasteiger charge is -2.41. The van der Waals surface area contributed by atoms with Crippen molar-refractivity contribution in [1.82, 2.24) is 9.97 Å². The van der Waals surface area contributed by atoms with Gasteiger partial charge in [-0.15, -0.1) is 11.8 Å². The molecular formula is C18H23N3S. The van der Waals surface area contributed by atoms with E-state index >= 15 is 0 Å². The Balaban J connectivity index is 1.73. The minimum Gasteiger partial charge on any atom is -0.355 e. The lowest BCUT2D eigenvalue weighted by atomic mass is 9.78. The van der Waals surface area contributed by atoms with Crippen molar-refractivity contribution in [2.75, 3.05) is 24.2 Å². The maximum Gasteiger partial charge on any atom is 0.139 e. The van der Waals surface area contributed by atoms with Gasteiger partial charge in [0, 0.05) is 23.4 Å². The predicted octanol–water partition coefficient (Wildman–Crippen LogP) is 4.51. The second-order valence-corrected chi connectivity index (χ2v) is 7.69. The number of aromatic nitrogens is 2. The number of hydrogen-bond acceptors (Lipinski definition) is 4. The second-order valence-electron chi connectivity index (χ2n) is 6.81. The average Bonchev–Trinajstić information content (AvgIpc) is 3.01. The maximum absolute atomic E-state index is 4.67. The van der Waals surface area contributed by atoms with Gasteiger partial charge in [0.05, 0.1) is 5.52 Å². The molecule has 116 valence electrons. The Morgan fingerprint density at radius 3 is 2.73 bits per heavy atom. The molecule has 4 heteroatoms. The van der Waals surface area contributed by atoms with E-state index < -0.39 is 0 Å². The van der Waals surface area contributed by atoms with Gasteiger partial charge in [0.2, 0.25) is 0 Å². The summed E-state index contributed by atoms with van der Waals surface area (Å²) in [6.07, 6.45) is 12.2. The number of nitrogens with zero attached hydrogens (tertiary/aromatic N) is 3. The summed E-state index contributed by atoms with van der Waals surface area (Å²) in [4.78, 5) is 12.9. The normalized spacial score (nSPS) is 20.9. The highest BCUT2D eigenvalue weighted by Gasteiger charge is 2.38. The SMILES string of the molecule is CSc1ccc2ncnc(N3CCCC4(CCCC4)C3)c2c1. The van der Waals surface area contributed by atoms with E-state index in [0.29, 0.717) is 5.41 Å². The molecule has 2 aromatic rings. The Morgan fingerprint density at radius 1 is 1.09 bits per heavy atom. The van der Waals surface area contributed by atoms with Crippen molar-refractivity contribution in [1.29, 1.82) is 0 Å². The molecular weight excluding hydrogens is 290 g/mol. The Hall–Kier alpha value is -1.29. The third kappa shape index (κ3) is 2.47. The summed E-state index contributed by atoms with van der Waals surface area (Å²) in [6, 6.07) is 6.53. The summed E-state index contributed by atoms with van der Waals surface area (Å²) in [5.41, 5.74) is 1.63. The van der Waals surface area contributed by atoms with Crippen molar-refractivity contribution in [3.8, 4) is 0 Å². The van der Waals surface area contributed by atoms with Gasteiger partial charge in [-0.05, 0) is 55.6 Å². The van der Waals surface area contributed by atoms with Crippen molar-refractivity contribution in [2.24, 2.45) is 5.41 Å². The van der Waals surface area contributed by atoms with Crippen molar-refractivity contribution >= 4 is 28.5 Å². The first-order valence-electron chi connectivity index (χ1n) is 8.33. The number of thioether (sulfide) groups is 1. The molecule has 1 saturated carbocycles. The van der Waals surface area contributed by atoms with Gasteiger partial charge >= 0.3 is 0 Å². The lowest BCUT2D eigenvalue weighted by Crippen LogP contribution is -2.42. The van der Waals surface area contributed by atoms with Crippen LogP contribution in [0.25, 0.3) is 10.9 Å². The van der Waals surface area contributed by atoms with Gasteiger partial charge in [-0.25, -0.2) is 9.97 Å². The molecule has 0 radical (unpaired) electrons. The minimum atomic E-state index is 0.562. The molecule has 2 heterocycles. The monoisotopic (exact) mass is 313 g/mol. The zero-order chi connectivity index (χ0) is 15.0. The first-order valence-corrected chi connectivity index (χ1v) is 9.56. The van der Waals surface area contributed by atoms with E-state index in [2.05, 4.69) is 39.3 Å². The van der Waals surface area contributed by atoms with E-state index in [9.17, 15) is 0 Å². The predicted molar refractivity (Wildman–Crippen MR) is 93.7 cm³/mol. The van der Waals surface area contributed by atoms with Crippen LogP contribution in [0.4, 0.5) is 5.82 Å². The zero-order valence-corrected chi connectivity index (χ0v) is 14.0. The third-order valence-electron chi connectivity index (χ3n) is 5.45. The number of rotatable bonds is 2. The molecule has 1 aliphatic carbocycles. The van der Waals surface area contributed by atoms with E-state index in [1.165, 1.54) is 55.4 Å². The first kappa shape index (κ1) is 14.3. The lowest BCUT2D eigenvalue weighted by molar-refractivity contribution is 0.239. The first-order chi connectivity index (χ1) is 10.8. The van der Waals surface area contributed by atoms with Crippen LogP contribution in [0.5, 0.6) is 0 Å². The fourth-order valence-corrected chi connectivity index (χ4v) is 4.76. The number of benzene rings is 1. The summed E-state index contributed by atoms with van der Waals surface area (Å²) in [6.45, 7) is 2.32. The Kier molecular flexibility index (Phi) is 3.73. The van der Waals surface area contributed by atoms with E-state index in [0.717, 1.165) is 17.9 Å². The second kappa shape index (κ2) is 5.73. The van der Waals surface area contributed by atoms with Gasteiger partial charge in [0.15, 0.2) is 0 Å². The molecule has 0 unspecified atom stereocenters. The molecule has 1 aliphatic heterocycles. The van der Waals surface area contributed by atoms with Gasteiger partial charge in [-0.3, -0.25) is 0 Å². The largest absolute Gasteiger partial charge is 0.355 e. The molecule has 2 aliphatic rings. The summed E-state index contributed by atoms with van der Waals surface area (Å²) < 4.78 is 0. The van der Waals surface area contributed by atoms with Crippen LogP contribution in [0, 0.1) is 5.41 Å². The quantitative estimate of drug-likeness (QED) is 0.763. The zero-order valence-electron chi connectivity index (χ0n) is 13.2. The fraction of sp³-hybridized carbons (Fsp3) is 0.556. The van der Waals surface area contributed by atoms with Crippen molar-refractivity contribution in [3.05, 3.63) is 24.5 Å². The van der Waals surface area contributed by atoms with Crippen molar-refractivity contribution < 1.29 is 0 Å². The highest BCUT2D eigenvalue weighted by molar-refractivity contribution is 7.98. The molecule has 2 fully saturated rings. The summed E-state index contributed by atoms with van der Waals surface area (Å²) >= 11 is 1.78. The van der Waals surface area contributed by atoms with E-state index in [-0.39, 0.29) is 0 Å². The van der Waals surface area contributed by atoms with Gasteiger partial charge in [-0.2, -0.15) is 0 Å². The average molecular weight is 313 g/mol. The number of anilines is 1. The van der Waals surface area contributed by atoms with Gasteiger partial charge in [0.1, 0.15) is 12.1 Å². The molecule has 0 bridgehead atoms. The van der Waals surface area contributed by atoms with Crippen LogP contribution < -0.4 is 4.90 Å². The van der Waals surface area contributed by atoms with Crippen LogP contribution >= 0.6 is 11.8 Å². The van der Waals surface area contributed by atoms with Crippen LogP contribution in [-0.4, -0.2) is 29.3 Å². The number of fused-ring (bicyclic) bond motifs is 1. The molecule has 0 atom stereocenters. The van der Waals surface area contributed by atoms with E-state index in [1.54, 1.807) is 18.1 Å². The summed E-state index contributed by atoms with van der Waals surface area (Å²) in [5, 5.41) is 1.21. The highest BCUT2D eigenvalue weighted by atomic mass is 32.2. The highest BCUT2D eigenvalue weighted by Crippen LogP contribution is 2.46. The van der Waals surface area contributed by atoms with Crippen LogP contribution in [0.3, 0.4) is 0 Å². The molecule has 3 nitrogen and oxygen atoms in total. The Morgan fingerprint density at radius 2 is 1.91 bits per heavy atom. The molecule has 1 aromatic heterocycles. The van der Waals surface area contributed by atoms with Gasteiger partial charge < -0.3 is 4.90 Å². The molecule has 4 rings (SSSR count). The van der Waals surface area contributed by atoms with Gasteiger partial charge in [0.25, 0.3) is 0 Å². The Labute approximate surface area is 136 Å². The van der Waals surface area contributed by atoms with Crippen molar-refractivity contribution in [3.63, 3.8) is 0 Å².